The molecule has 0 radical (unpaired) electrons. The third-order valence-electron chi connectivity index (χ3n) is 3.90. The highest BCUT2D eigenvalue weighted by Crippen LogP contribution is 2.14. The number of carbonyl (C=O) groups excluding carboxylic acids is 2. The van der Waals surface area contributed by atoms with Gasteiger partial charge in [0.15, 0.2) is 11.9 Å². The van der Waals surface area contributed by atoms with Crippen LogP contribution in [0.4, 0.5) is 5.82 Å². The molecule has 0 saturated heterocycles. The average Bonchev–Trinajstić information content (AvgIpc) is 3.07. The van der Waals surface area contributed by atoms with Crippen LogP contribution in [-0.4, -0.2) is 32.9 Å². The predicted molar refractivity (Wildman–Crippen MR) is 104 cm³/mol. The van der Waals surface area contributed by atoms with Gasteiger partial charge in [-0.3, -0.25) is 9.59 Å². The number of benzene rings is 1. The molecule has 1 amide bonds. The van der Waals surface area contributed by atoms with E-state index in [9.17, 15) is 14.4 Å². The Balaban J connectivity index is 1.79. The number of aromatic nitrogens is 3. The Morgan fingerprint density at radius 3 is 2.52 bits per heavy atom. The van der Waals surface area contributed by atoms with Gasteiger partial charge in [0, 0.05) is 22.8 Å². The van der Waals surface area contributed by atoms with E-state index in [2.05, 4.69) is 15.6 Å². The summed E-state index contributed by atoms with van der Waals surface area (Å²) in [5, 5.41) is 10.7. The average molecular weight is 417 g/mol. The molecule has 9 nitrogen and oxygen atoms in total. The maximum atomic E-state index is 12.5. The van der Waals surface area contributed by atoms with E-state index in [1.54, 1.807) is 38.1 Å². The van der Waals surface area contributed by atoms with Crippen LogP contribution in [0.1, 0.15) is 28.9 Å². The number of anilines is 1. The first kappa shape index (κ1) is 20.3. The first-order chi connectivity index (χ1) is 13.7. The van der Waals surface area contributed by atoms with Crippen LogP contribution in [0.3, 0.4) is 0 Å². The Morgan fingerprint density at radius 1 is 1.21 bits per heavy atom. The van der Waals surface area contributed by atoms with E-state index in [1.807, 2.05) is 0 Å². The molecule has 150 valence electrons. The van der Waals surface area contributed by atoms with E-state index in [-0.39, 0.29) is 5.82 Å². The van der Waals surface area contributed by atoms with E-state index >= 15 is 0 Å². The van der Waals surface area contributed by atoms with Crippen molar-refractivity contribution in [3.05, 3.63) is 68.8 Å². The van der Waals surface area contributed by atoms with Gasteiger partial charge in [-0.1, -0.05) is 16.8 Å². The number of ether oxygens (including phenoxy) is 1. The van der Waals surface area contributed by atoms with Crippen molar-refractivity contribution in [1.82, 2.24) is 14.9 Å². The SMILES string of the molecule is Cc1cc(NC(=O)[C@H](C)OC(=O)c2nn(-c3ccc(Cl)cc3)c(C)cc2=O)no1. The van der Waals surface area contributed by atoms with Gasteiger partial charge in [-0.25, -0.2) is 9.48 Å². The summed E-state index contributed by atoms with van der Waals surface area (Å²) < 4.78 is 11.4. The summed E-state index contributed by atoms with van der Waals surface area (Å²) in [4.78, 5) is 36.9. The van der Waals surface area contributed by atoms with Gasteiger partial charge in [0.05, 0.1) is 5.69 Å². The monoisotopic (exact) mass is 416 g/mol. The van der Waals surface area contributed by atoms with Crippen LogP contribution in [0.2, 0.25) is 5.02 Å². The summed E-state index contributed by atoms with van der Waals surface area (Å²) in [6.45, 7) is 4.71. The maximum Gasteiger partial charge on any atom is 0.363 e. The molecule has 10 heteroatoms. The molecule has 0 fully saturated rings. The van der Waals surface area contributed by atoms with E-state index in [4.69, 9.17) is 20.9 Å². The van der Waals surface area contributed by atoms with E-state index in [1.165, 1.54) is 23.7 Å². The molecule has 0 saturated carbocycles. The summed E-state index contributed by atoms with van der Waals surface area (Å²) in [6.07, 6.45) is -1.19. The Morgan fingerprint density at radius 2 is 1.90 bits per heavy atom. The van der Waals surface area contributed by atoms with Gasteiger partial charge in [0.1, 0.15) is 5.76 Å². The van der Waals surface area contributed by atoms with Crippen molar-refractivity contribution < 1.29 is 18.8 Å². The highest BCUT2D eigenvalue weighted by molar-refractivity contribution is 6.30. The van der Waals surface area contributed by atoms with Gasteiger partial charge >= 0.3 is 5.97 Å². The molecule has 0 unspecified atom stereocenters. The maximum absolute atomic E-state index is 12.5. The van der Waals surface area contributed by atoms with Crippen LogP contribution in [-0.2, 0) is 9.53 Å². The molecule has 29 heavy (non-hydrogen) atoms. The second-order valence-electron chi connectivity index (χ2n) is 6.25. The van der Waals surface area contributed by atoms with Crippen LogP contribution in [0.5, 0.6) is 0 Å². The smallest absolute Gasteiger partial charge is 0.363 e. The van der Waals surface area contributed by atoms with Gasteiger partial charge in [0.25, 0.3) is 5.91 Å². The van der Waals surface area contributed by atoms with Crippen molar-refractivity contribution >= 4 is 29.3 Å². The fraction of sp³-hybridized carbons (Fsp3) is 0.211. The molecule has 1 aromatic carbocycles. The molecule has 3 rings (SSSR count). The first-order valence-corrected chi connectivity index (χ1v) is 8.94. The minimum absolute atomic E-state index is 0.189. The summed E-state index contributed by atoms with van der Waals surface area (Å²) in [6, 6.07) is 9.48. The number of carbonyl (C=O) groups is 2. The van der Waals surface area contributed by atoms with Crippen molar-refractivity contribution in [2.24, 2.45) is 0 Å². The summed E-state index contributed by atoms with van der Waals surface area (Å²) in [7, 11) is 0. The standard InChI is InChI=1S/C19H17ClN4O5/c1-10-8-15(25)17(22-24(10)14-6-4-13(20)5-7-14)19(27)28-12(3)18(26)21-16-9-11(2)29-23-16/h4-9,12H,1-3H3,(H,21,23,26)/t12-/m0/s1. The number of aryl methyl sites for hydroxylation is 2. The molecule has 3 aromatic rings. The van der Waals surface area contributed by atoms with Crippen LogP contribution in [0.25, 0.3) is 5.69 Å². The number of amides is 1. The van der Waals surface area contributed by atoms with Gasteiger partial charge in [0.2, 0.25) is 11.1 Å². The Hall–Kier alpha value is -3.46. The van der Waals surface area contributed by atoms with Crippen LogP contribution >= 0.6 is 11.6 Å². The Labute approximate surface area is 170 Å². The third kappa shape index (κ3) is 4.69. The minimum Gasteiger partial charge on any atom is -0.448 e. The lowest BCUT2D eigenvalue weighted by Crippen LogP contribution is -2.33. The third-order valence-corrected chi connectivity index (χ3v) is 4.16. The summed E-state index contributed by atoms with van der Waals surface area (Å²) in [5.74, 6) is -0.945. The zero-order valence-corrected chi connectivity index (χ0v) is 16.6. The number of halogens is 1. The van der Waals surface area contributed by atoms with Gasteiger partial charge in [-0.15, -0.1) is 0 Å². The summed E-state index contributed by atoms with van der Waals surface area (Å²) >= 11 is 5.89. The quantitative estimate of drug-likeness (QED) is 0.635. The molecule has 0 aliphatic heterocycles. The fourth-order valence-corrected chi connectivity index (χ4v) is 2.58. The number of hydrogen-bond acceptors (Lipinski definition) is 7. The molecule has 0 aliphatic rings. The lowest BCUT2D eigenvalue weighted by Gasteiger charge is -2.14. The number of rotatable bonds is 5. The van der Waals surface area contributed by atoms with E-state index in [0.29, 0.717) is 22.2 Å². The van der Waals surface area contributed by atoms with Crippen molar-refractivity contribution in [2.45, 2.75) is 26.9 Å². The molecule has 0 bridgehead atoms. The van der Waals surface area contributed by atoms with Crippen LogP contribution < -0.4 is 10.7 Å². The minimum atomic E-state index is -1.19. The first-order valence-electron chi connectivity index (χ1n) is 8.56. The molecular formula is C19H17ClN4O5. The Kier molecular flexibility index (Phi) is 5.79. The molecule has 2 aromatic heterocycles. The number of nitrogens with zero attached hydrogens (tertiary/aromatic N) is 3. The molecule has 2 heterocycles. The second-order valence-corrected chi connectivity index (χ2v) is 6.68. The zero-order chi connectivity index (χ0) is 21.1. The largest absolute Gasteiger partial charge is 0.448 e. The van der Waals surface area contributed by atoms with Crippen LogP contribution in [0, 0.1) is 13.8 Å². The van der Waals surface area contributed by atoms with Crippen molar-refractivity contribution in [1.29, 1.82) is 0 Å². The highest BCUT2D eigenvalue weighted by Gasteiger charge is 2.23. The molecule has 1 atom stereocenters. The molecular weight excluding hydrogens is 400 g/mol. The number of esters is 1. The fourth-order valence-electron chi connectivity index (χ4n) is 2.46. The molecule has 0 spiro atoms. The van der Waals surface area contributed by atoms with Gasteiger partial charge in [-0.2, -0.15) is 5.10 Å². The highest BCUT2D eigenvalue weighted by atomic mass is 35.5. The number of nitrogens with one attached hydrogen (secondary N) is 1. The van der Waals surface area contributed by atoms with Gasteiger partial charge < -0.3 is 14.6 Å². The zero-order valence-electron chi connectivity index (χ0n) is 15.8. The lowest BCUT2D eigenvalue weighted by molar-refractivity contribution is -0.123. The van der Waals surface area contributed by atoms with Crippen LogP contribution in [0.15, 0.2) is 45.7 Å². The van der Waals surface area contributed by atoms with Crippen molar-refractivity contribution in [2.75, 3.05) is 5.32 Å². The lowest BCUT2D eigenvalue weighted by atomic mass is 10.3. The predicted octanol–water partition coefficient (Wildman–Crippen LogP) is 2.67. The Bertz CT molecular complexity index is 1120. The second kappa shape index (κ2) is 8.27. The van der Waals surface area contributed by atoms with Crippen molar-refractivity contribution in [3.63, 3.8) is 0 Å². The van der Waals surface area contributed by atoms with Gasteiger partial charge in [-0.05, 0) is 45.0 Å². The van der Waals surface area contributed by atoms with Crippen molar-refractivity contribution in [3.8, 4) is 5.69 Å². The topological polar surface area (TPSA) is 116 Å². The molecule has 1 N–H and O–H groups in total. The van der Waals surface area contributed by atoms with E-state index in [0.717, 1.165) is 0 Å². The van der Waals surface area contributed by atoms with E-state index < -0.39 is 29.1 Å². The number of hydrogen-bond donors (Lipinski definition) is 1. The normalized spacial score (nSPS) is 11.7. The summed E-state index contributed by atoms with van der Waals surface area (Å²) in [5.41, 5.74) is 0.0640. The molecule has 0 aliphatic carbocycles.